The number of aromatic nitrogens is 3. The van der Waals surface area contributed by atoms with Crippen LogP contribution in [0.15, 0.2) is 42.0 Å². The fourth-order valence-electron chi connectivity index (χ4n) is 3.88. The molecule has 1 aliphatic heterocycles. The van der Waals surface area contributed by atoms with Crippen LogP contribution in [0.4, 0.5) is 14.5 Å². The lowest BCUT2D eigenvalue weighted by Gasteiger charge is -2.46. The Morgan fingerprint density at radius 2 is 1.93 bits per heavy atom. The second-order valence-corrected chi connectivity index (χ2v) is 8.21. The number of nitrogens with one attached hydrogen (secondary N) is 1. The van der Waals surface area contributed by atoms with Crippen LogP contribution >= 0.6 is 11.3 Å². The summed E-state index contributed by atoms with van der Waals surface area (Å²) in [5.74, 6) is -2.05. The van der Waals surface area contributed by atoms with Crippen LogP contribution in [0.3, 0.4) is 0 Å². The van der Waals surface area contributed by atoms with Crippen molar-refractivity contribution in [3.8, 4) is 11.3 Å². The van der Waals surface area contributed by atoms with E-state index in [1.807, 2.05) is 6.92 Å². The molecule has 2 atom stereocenters. The van der Waals surface area contributed by atoms with Gasteiger partial charge in [0.15, 0.2) is 0 Å². The van der Waals surface area contributed by atoms with E-state index in [2.05, 4.69) is 15.0 Å². The van der Waals surface area contributed by atoms with E-state index >= 15 is 8.78 Å². The first-order chi connectivity index (χ1) is 13.9. The first-order valence-electron chi connectivity index (χ1n) is 9.11. The molecule has 1 N–H and O–H groups in total. The minimum atomic E-state index is -0.714. The molecule has 1 amide bonds. The topological polar surface area (TPSA) is 61.9 Å². The predicted octanol–water partition coefficient (Wildman–Crippen LogP) is 5.00. The van der Waals surface area contributed by atoms with E-state index in [1.54, 1.807) is 36.8 Å². The van der Waals surface area contributed by atoms with Crippen molar-refractivity contribution in [2.75, 3.05) is 4.90 Å². The number of H-pyrrole nitrogens is 1. The Balaban J connectivity index is 1.57. The summed E-state index contributed by atoms with van der Waals surface area (Å²) in [6, 6.07) is 7.14. The second-order valence-electron chi connectivity index (χ2n) is 7.15. The van der Waals surface area contributed by atoms with Crippen molar-refractivity contribution >= 4 is 34.0 Å². The summed E-state index contributed by atoms with van der Waals surface area (Å²) >= 11 is 1.42. The number of hydrogen-bond donors (Lipinski definition) is 1. The van der Waals surface area contributed by atoms with Gasteiger partial charge in [-0.15, -0.1) is 11.3 Å². The minimum absolute atomic E-state index is 0.0995. The number of β-lactam (4-membered cyclic amide) rings is 1. The number of nitrogens with zero attached hydrogens (tertiary/aromatic N) is 3. The molecule has 3 heterocycles. The molecule has 1 fully saturated rings. The van der Waals surface area contributed by atoms with Gasteiger partial charge in [0.2, 0.25) is 5.91 Å². The third kappa shape index (κ3) is 2.74. The van der Waals surface area contributed by atoms with E-state index in [1.165, 1.54) is 28.4 Å². The molecule has 1 aliphatic rings. The van der Waals surface area contributed by atoms with E-state index in [-0.39, 0.29) is 11.5 Å². The summed E-state index contributed by atoms with van der Waals surface area (Å²) in [6.07, 6.45) is 1.56. The van der Waals surface area contributed by atoms with Crippen LogP contribution in [-0.2, 0) is 4.79 Å². The standard InChI is InChI=1S/C21H16F2N4OS/c1-10-20(27(21(10)28)13-3-4-16-17(7-13)25-9-24-16)19-14(22)5-12(6-15(19)23)18-8-29-11(2)26-18/h3-10,20H,1-2H3,(H,24,25)/t10-,20-/m1/s1. The van der Waals surface area contributed by atoms with Crippen molar-refractivity contribution in [2.45, 2.75) is 19.9 Å². The minimum Gasteiger partial charge on any atom is -0.345 e. The Labute approximate surface area is 169 Å². The summed E-state index contributed by atoms with van der Waals surface area (Å²) in [5.41, 5.74) is 2.91. The van der Waals surface area contributed by atoms with Crippen molar-refractivity contribution in [1.82, 2.24) is 15.0 Å². The number of thiazole rings is 1. The van der Waals surface area contributed by atoms with Crippen LogP contribution in [0, 0.1) is 24.5 Å². The number of aromatic amines is 1. The van der Waals surface area contributed by atoms with Crippen molar-refractivity contribution in [3.63, 3.8) is 0 Å². The average molecular weight is 410 g/mol. The number of benzene rings is 2. The van der Waals surface area contributed by atoms with Gasteiger partial charge in [0, 0.05) is 22.2 Å². The maximum Gasteiger partial charge on any atom is 0.232 e. The van der Waals surface area contributed by atoms with Crippen LogP contribution in [0.25, 0.3) is 22.3 Å². The zero-order valence-corrected chi connectivity index (χ0v) is 16.4. The fourth-order valence-corrected chi connectivity index (χ4v) is 4.51. The SMILES string of the molecule is Cc1nc(-c2cc(F)c([C@H]3[C@@H](C)C(=O)N3c3ccc4nc[nH]c4c3)c(F)c2)cs1. The third-order valence-electron chi connectivity index (χ3n) is 5.35. The maximum atomic E-state index is 15.0. The number of aryl methyl sites for hydroxylation is 1. The van der Waals surface area contributed by atoms with Gasteiger partial charge in [0.05, 0.1) is 40.0 Å². The highest BCUT2D eigenvalue weighted by Crippen LogP contribution is 2.45. The molecule has 5 rings (SSSR count). The largest absolute Gasteiger partial charge is 0.345 e. The molecule has 2 aromatic heterocycles. The lowest BCUT2D eigenvalue weighted by atomic mass is 9.82. The number of halogens is 2. The number of carbonyl (C=O) groups is 1. The highest BCUT2D eigenvalue weighted by Gasteiger charge is 2.48. The highest BCUT2D eigenvalue weighted by atomic mass is 32.1. The Morgan fingerprint density at radius 1 is 1.17 bits per heavy atom. The fraction of sp³-hybridized carbons (Fsp3) is 0.190. The van der Waals surface area contributed by atoms with E-state index in [0.717, 1.165) is 16.0 Å². The molecule has 146 valence electrons. The Hall–Kier alpha value is -3.13. The van der Waals surface area contributed by atoms with Crippen LogP contribution in [0.5, 0.6) is 0 Å². The molecule has 0 radical (unpaired) electrons. The third-order valence-corrected chi connectivity index (χ3v) is 6.12. The highest BCUT2D eigenvalue weighted by molar-refractivity contribution is 7.09. The molecule has 0 unspecified atom stereocenters. The molecule has 1 saturated heterocycles. The zero-order chi connectivity index (χ0) is 20.3. The molecular weight excluding hydrogens is 394 g/mol. The van der Waals surface area contributed by atoms with Crippen molar-refractivity contribution in [3.05, 3.63) is 64.2 Å². The molecule has 0 bridgehead atoms. The predicted molar refractivity (Wildman–Crippen MR) is 108 cm³/mol. The molecule has 8 heteroatoms. The Kier molecular flexibility index (Phi) is 3.99. The number of fused-ring (bicyclic) bond motifs is 1. The van der Waals surface area contributed by atoms with Crippen LogP contribution in [-0.4, -0.2) is 20.9 Å². The smallest absolute Gasteiger partial charge is 0.232 e. The number of amides is 1. The monoisotopic (exact) mass is 410 g/mol. The van der Waals surface area contributed by atoms with Gasteiger partial charge in [0.1, 0.15) is 11.6 Å². The number of hydrogen-bond acceptors (Lipinski definition) is 4. The molecule has 29 heavy (non-hydrogen) atoms. The van der Waals surface area contributed by atoms with E-state index in [9.17, 15) is 4.79 Å². The van der Waals surface area contributed by atoms with Gasteiger partial charge < -0.3 is 9.88 Å². The second kappa shape index (κ2) is 6.45. The lowest BCUT2D eigenvalue weighted by molar-refractivity contribution is -0.129. The van der Waals surface area contributed by atoms with Crippen LogP contribution in [0.1, 0.15) is 23.5 Å². The number of imidazole rings is 1. The molecule has 0 spiro atoms. The summed E-state index contributed by atoms with van der Waals surface area (Å²) in [4.78, 5) is 25.5. The van der Waals surface area contributed by atoms with Gasteiger partial charge >= 0.3 is 0 Å². The Bertz CT molecular complexity index is 1240. The van der Waals surface area contributed by atoms with Gasteiger partial charge in [-0.3, -0.25) is 4.79 Å². The van der Waals surface area contributed by atoms with Gasteiger partial charge in [0.25, 0.3) is 0 Å². The molecule has 0 saturated carbocycles. The molecular formula is C21H16F2N4OS. The zero-order valence-electron chi connectivity index (χ0n) is 15.6. The van der Waals surface area contributed by atoms with Crippen LogP contribution < -0.4 is 4.90 Å². The molecule has 4 aromatic rings. The van der Waals surface area contributed by atoms with Crippen molar-refractivity contribution in [1.29, 1.82) is 0 Å². The molecule has 5 nitrogen and oxygen atoms in total. The first-order valence-corrected chi connectivity index (χ1v) is 9.99. The molecule has 2 aromatic carbocycles. The maximum absolute atomic E-state index is 15.0. The van der Waals surface area contributed by atoms with Gasteiger partial charge in [-0.25, -0.2) is 18.7 Å². The van der Waals surface area contributed by atoms with E-state index in [4.69, 9.17) is 0 Å². The summed E-state index contributed by atoms with van der Waals surface area (Å²) < 4.78 is 30.1. The summed E-state index contributed by atoms with van der Waals surface area (Å²) in [6.45, 7) is 3.53. The average Bonchev–Trinajstić information content (AvgIpc) is 3.34. The summed E-state index contributed by atoms with van der Waals surface area (Å²) in [7, 11) is 0. The van der Waals surface area contributed by atoms with Crippen molar-refractivity contribution in [2.24, 2.45) is 5.92 Å². The van der Waals surface area contributed by atoms with Gasteiger partial charge in [-0.2, -0.15) is 0 Å². The lowest BCUT2D eigenvalue weighted by Crippen LogP contribution is -2.54. The van der Waals surface area contributed by atoms with Crippen LogP contribution in [0.2, 0.25) is 0 Å². The van der Waals surface area contributed by atoms with E-state index in [0.29, 0.717) is 16.9 Å². The Morgan fingerprint density at radius 3 is 2.62 bits per heavy atom. The summed E-state index contributed by atoms with van der Waals surface area (Å²) in [5, 5.41) is 2.59. The first kappa shape index (κ1) is 17.9. The number of carbonyl (C=O) groups excluding carboxylic acids is 1. The normalized spacial score (nSPS) is 19.0. The quantitative estimate of drug-likeness (QED) is 0.484. The van der Waals surface area contributed by atoms with Crippen molar-refractivity contribution < 1.29 is 13.6 Å². The molecule has 0 aliphatic carbocycles. The van der Waals surface area contributed by atoms with E-state index < -0.39 is 23.6 Å². The van der Waals surface area contributed by atoms with Gasteiger partial charge in [-0.1, -0.05) is 6.92 Å². The van der Waals surface area contributed by atoms with Gasteiger partial charge in [-0.05, 0) is 37.3 Å². The number of anilines is 1. The number of rotatable bonds is 3.